The fourth-order valence-corrected chi connectivity index (χ4v) is 6.35. The number of rotatable bonds is 15. The molecule has 0 amide bonds. The van der Waals surface area contributed by atoms with Crippen molar-refractivity contribution in [2.24, 2.45) is 14.1 Å². The zero-order valence-electron chi connectivity index (χ0n) is 26.8. The van der Waals surface area contributed by atoms with Crippen LogP contribution in [0.5, 0.6) is 5.75 Å². The first-order valence-electron chi connectivity index (χ1n) is 15.8. The second kappa shape index (κ2) is 14.5. The number of carboxylic acids is 1. The van der Waals surface area contributed by atoms with Crippen LogP contribution in [-0.2, 0) is 49.8 Å². The summed E-state index contributed by atoms with van der Waals surface area (Å²) in [6, 6.07) is 30.2. The summed E-state index contributed by atoms with van der Waals surface area (Å²) in [5.41, 5.74) is 6.37. The number of aromatic nitrogens is 3. The molecule has 0 radical (unpaired) electrons. The number of ether oxygens (including phenoxy) is 3. The Morgan fingerprint density at radius 1 is 0.872 bits per heavy atom. The third-order valence-electron chi connectivity index (χ3n) is 8.43. The average Bonchev–Trinajstić information content (AvgIpc) is 3.56. The smallest absolute Gasteiger partial charge is 0.352 e. The van der Waals surface area contributed by atoms with Crippen molar-refractivity contribution in [3.63, 3.8) is 0 Å². The largest absolute Gasteiger partial charge is 0.493 e. The molecule has 2 aromatic heterocycles. The number of fused-ring (bicyclic) bond motifs is 2. The molecular formula is C39H39N3O5. The molecule has 0 fully saturated rings. The molecule has 1 N–H and O–H groups in total. The number of carbonyl (C=O) groups is 1. The molecule has 47 heavy (non-hydrogen) atoms. The predicted molar refractivity (Wildman–Crippen MR) is 185 cm³/mol. The van der Waals surface area contributed by atoms with Gasteiger partial charge >= 0.3 is 5.97 Å². The van der Waals surface area contributed by atoms with E-state index in [9.17, 15) is 9.90 Å². The second-order valence-corrected chi connectivity index (χ2v) is 11.5. The van der Waals surface area contributed by atoms with E-state index in [0.29, 0.717) is 39.3 Å². The third kappa shape index (κ3) is 6.70. The van der Waals surface area contributed by atoms with E-state index in [1.54, 1.807) is 10.6 Å². The van der Waals surface area contributed by atoms with Gasteiger partial charge in [0.1, 0.15) is 11.4 Å². The normalized spacial score (nSPS) is 11.4. The minimum Gasteiger partial charge on any atom is -0.493 e. The molecule has 0 atom stereocenters. The standard InChI is InChI=1S/C39H39N3O5/c1-4-22-45-26-34-36(33(40-42(34)3)25-46-24-27-13-6-5-7-14-27)32-19-11-18-30-31(38(39(43)44)41(2)37(30)32)20-12-23-47-35-21-10-16-28-15-8-9-17-29(28)35/h4-11,13-19,21H,1,12,20,22-26H2,2-3H3,(H,43,44). The maximum atomic E-state index is 12.7. The molecule has 0 unspecified atom stereocenters. The van der Waals surface area contributed by atoms with E-state index in [1.807, 2.05) is 91.6 Å². The summed E-state index contributed by atoms with van der Waals surface area (Å²) in [6.07, 6.45) is 2.91. The summed E-state index contributed by atoms with van der Waals surface area (Å²) in [5, 5.41) is 18.4. The molecule has 8 heteroatoms. The van der Waals surface area contributed by atoms with Crippen LogP contribution in [0.15, 0.2) is 104 Å². The summed E-state index contributed by atoms with van der Waals surface area (Å²) in [7, 11) is 3.72. The molecule has 8 nitrogen and oxygen atoms in total. The van der Waals surface area contributed by atoms with Gasteiger partial charge in [0.25, 0.3) is 0 Å². The molecule has 6 aromatic rings. The number of hydrogen-bond donors (Lipinski definition) is 1. The Hall–Kier alpha value is -5.18. The Labute approximate surface area is 274 Å². The summed E-state index contributed by atoms with van der Waals surface area (Å²) >= 11 is 0. The first-order chi connectivity index (χ1) is 23.0. The molecule has 0 aliphatic rings. The number of hydrogen-bond acceptors (Lipinski definition) is 5. The highest BCUT2D eigenvalue weighted by atomic mass is 16.5. The highest BCUT2D eigenvalue weighted by molar-refractivity contribution is 6.04. The van der Waals surface area contributed by atoms with Gasteiger partial charge < -0.3 is 23.9 Å². The van der Waals surface area contributed by atoms with Crippen LogP contribution in [0.2, 0.25) is 0 Å². The lowest BCUT2D eigenvalue weighted by Gasteiger charge is -2.12. The van der Waals surface area contributed by atoms with Gasteiger partial charge in [-0.1, -0.05) is 91.0 Å². The van der Waals surface area contributed by atoms with Crippen LogP contribution < -0.4 is 4.74 Å². The maximum absolute atomic E-state index is 12.7. The molecule has 2 heterocycles. The van der Waals surface area contributed by atoms with Gasteiger partial charge in [0, 0.05) is 36.0 Å². The SMILES string of the molecule is C=CCOCc1c(-c2cccc3c(CCCOc4cccc5ccccc45)c(C(=O)O)n(C)c23)c(COCc2ccccc2)nn1C. The lowest BCUT2D eigenvalue weighted by atomic mass is 9.98. The van der Waals surface area contributed by atoms with Crippen molar-refractivity contribution in [1.29, 1.82) is 0 Å². The van der Waals surface area contributed by atoms with Gasteiger partial charge in [0.05, 0.1) is 49.9 Å². The zero-order chi connectivity index (χ0) is 32.8. The van der Waals surface area contributed by atoms with Crippen LogP contribution in [0.4, 0.5) is 0 Å². The van der Waals surface area contributed by atoms with Crippen molar-refractivity contribution in [2.45, 2.75) is 32.7 Å². The lowest BCUT2D eigenvalue weighted by Crippen LogP contribution is -2.09. The van der Waals surface area contributed by atoms with Gasteiger partial charge in [-0.3, -0.25) is 4.68 Å². The second-order valence-electron chi connectivity index (χ2n) is 11.5. The zero-order valence-corrected chi connectivity index (χ0v) is 26.8. The van der Waals surface area contributed by atoms with Gasteiger partial charge in [0.2, 0.25) is 0 Å². The Morgan fingerprint density at radius 3 is 2.43 bits per heavy atom. The fraction of sp³-hybridized carbons (Fsp3) is 0.231. The van der Waals surface area contributed by atoms with E-state index in [4.69, 9.17) is 19.3 Å². The quantitative estimate of drug-likeness (QED) is 0.0919. The van der Waals surface area contributed by atoms with Crippen molar-refractivity contribution in [3.8, 4) is 16.9 Å². The molecule has 0 aliphatic heterocycles. The molecule has 0 saturated heterocycles. The minimum atomic E-state index is -0.966. The first-order valence-corrected chi connectivity index (χ1v) is 15.8. The molecule has 6 rings (SSSR count). The summed E-state index contributed by atoms with van der Waals surface area (Å²) in [5.74, 6) is -0.140. The minimum absolute atomic E-state index is 0.271. The van der Waals surface area contributed by atoms with E-state index in [0.717, 1.165) is 61.1 Å². The summed E-state index contributed by atoms with van der Waals surface area (Å²) in [6.45, 7) is 5.67. The van der Waals surface area contributed by atoms with E-state index >= 15 is 0 Å². The number of nitrogens with zero attached hydrogens (tertiary/aromatic N) is 3. The predicted octanol–water partition coefficient (Wildman–Crippen LogP) is 7.86. The van der Waals surface area contributed by atoms with Crippen LogP contribution in [-0.4, -0.2) is 38.6 Å². The number of carboxylic acid groups (broad SMARTS) is 1. The third-order valence-corrected chi connectivity index (χ3v) is 8.43. The monoisotopic (exact) mass is 629 g/mol. The first kappa shape index (κ1) is 31.8. The van der Waals surface area contributed by atoms with Gasteiger partial charge in [-0.2, -0.15) is 5.10 Å². The number of para-hydroxylation sites is 1. The molecule has 0 spiro atoms. The highest BCUT2D eigenvalue weighted by Crippen LogP contribution is 2.38. The molecule has 0 bridgehead atoms. The topological polar surface area (TPSA) is 87.7 Å². The van der Waals surface area contributed by atoms with E-state index in [2.05, 4.69) is 24.8 Å². The average molecular weight is 630 g/mol. The molecule has 4 aromatic carbocycles. The van der Waals surface area contributed by atoms with E-state index in [-0.39, 0.29) is 12.3 Å². The number of aryl methyl sites for hydroxylation is 3. The van der Waals surface area contributed by atoms with Crippen LogP contribution >= 0.6 is 0 Å². The maximum Gasteiger partial charge on any atom is 0.352 e. The van der Waals surface area contributed by atoms with Gasteiger partial charge in [0.15, 0.2) is 0 Å². The van der Waals surface area contributed by atoms with Crippen molar-refractivity contribution in [1.82, 2.24) is 14.3 Å². The van der Waals surface area contributed by atoms with Gasteiger partial charge in [-0.25, -0.2) is 4.79 Å². The number of benzene rings is 4. The van der Waals surface area contributed by atoms with Crippen molar-refractivity contribution in [3.05, 3.63) is 132 Å². The van der Waals surface area contributed by atoms with Crippen molar-refractivity contribution < 1.29 is 24.1 Å². The Morgan fingerprint density at radius 2 is 1.62 bits per heavy atom. The van der Waals surface area contributed by atoms with Crippen LogP contribution in [0.25, 0.3) is 32.8 Å². The Bertz CT molecular complexity index is 2020. The highest BCUT2D eigenvalue weighted by Gasteiger charge is 2.26. The van der Waals surface area contributed by atoms with Gasteiger partial charge in [-0.15, -0.1) is 6.58 Å². The van der Waals surface area contributed by atoms with Crippen LogP contribution in [0, 0.1) is 0 Å². The molecule has 240 valence electrons. The molecule has 0 aliphatic carbocycles. The fourth-order valence-electron chi connectivity index (χ4n) is 6.35. The summed E-state index contributed by atoms with van der Waals surface area (Å²) in [4.78, 5) is 12.7. The van der Waals surface area contributed by atoms with E-state index < -0.39 is 5.97 Å². The van der Waals surface area contributed by atoms with E-state index in [1.165, 1.54) is 0 Å². The Balaban J connectivity index is 1.33. The lowest BCUT2D eigenvalue weighted by molar-refractivity contribution is 0.0685. The van der Waals surface area contributed by atoms with Gasteiger partial charge in [-0.05, 0) is 35.4 Å². The Kier molecular flexibility index (Phi) is 9.80. The molecule has 0 saturated carbocycles. The van der Waals surface area contributed by atoms with Crippen LogP contribution in [0.3, 0.4) is 0 Å². The molecular weight excluding hydrogens is 590 g/mol. The van der Waals surface area contributed by atoms with Crippen molar-refractivity contribution in [2.75, 3.05) is 13.2 Å². The van der Waals surface area contributed by atoms with Crippen LogP contribution in [0.1, 0.15) is 39.4 Å². The van der Waals surface area contributed by atoms with Crippen molar-refractivity contribution >= 4 is 27.6 Å². The summed E-state index contributed by atoms with van der Waals surface area (Å²) < 4.78 is 21.9. The number of aromatic carboxylic acids is 1.